The lowest BCUT2D eigenvalue weighted by atomic mass is 10.3. The van der Waals surface area contributed by atoms with Crippen molar-refractivity contribution >= 4 is 11.5 Å². The van der Waals surface area contributed by atoms with Gasteiger partial charge >= 0.3 is 0 Å². The molecule has 1 aliphatic rings. The summed E-state index contributed by atoms with van der Waals surface area (Å²) in [6.45, 7) is 6.75. The van der Waals surface area contributed by atoms with Crippen molar-refractivity contribution in [3.63, 3.8) is 0 Å². The van der Waals surface area contributed by atoms with Gasteiger partial charge < -0.3 is 4.74 Å². The summed E-state index contributed by atoms with van der Waals surface area (Å²) in [6, 6.07) is 0. The zero-order valence-corrected chi connectivity index (χ0v) is 8.51. The molecule has 5 heteroatoms. The van der Waals surface area contributed by atoms with Crippen LogP contribution < -0.4 is 0 Å². The van der Waals surface area contributed by atoms with Crippen LogP contribution in [0.2, 0.25) is 0 Å². The first kappa shape index (κ1) is 9.05. The first-order valence-corrected chi connectivity index (χ1v) is 5.21. The Bertz CT molecular complexity index is 270. The molecule has 0 bridgehead atoms. The molecular weight excluding hydrogens is 186 g/mol. The predicted octanol–water partition coefficient (Wildman–Crippen LogP) is 0.679. The smallest absolute Gasteiger partial charge is 0.0769 e. The Kier molecular flexibility index (Phi) is 2.87. The number of ether oxygens (including phenoxy) is 1. The highest BCUT2D eigenvalue weighted by molar-refractivity contribution is 7.05. The van der Waals surface area contributed by atoms with E-state index in [9.17, 15) is 0 Å². The van der Waals surface area contributed by atoms with Gasteiger partial charge in [0.2, 0.25) is 0 Å². The second-order valence-electron chi connectivity index (χ2n) is 3.17. The number of aryl methyl sites for hydroxylation is 1. The Morgan fingerprint density at radius 1 is 1.46 bits per heavy atom. The standard InChI is InChI=1S/C8H13N3OS/c1-7-8(13-10-9-7)6-11-2-4-12-5-3-11/h2-6H2,1H3. The minimum absolute atomic E-state index is 0.852. The number of rotatable bonds is 2. The summed E-state index contributed by atoms with van der Waals surface area (Å²) in [5, 5.41) is 3.99. The van der Waals surface area contributed by atoms with Crippen LogP contribution in [0.1, 0.15) is 10.6 Å². The molecule has 1 aromatic rings. The summed E-state index contributed by atoms with van der Waals surface area (Å²) in [7, 11) is 0. The summed E-state index contributed by atoms with van der Waals surface area (Å²) in [5.74, 6) is 0. The van der Waals surface area contributed by atoms with Crippen LogP contribution in [0.5, 0.6) is 0 Å². The van der Waals surface area contributed by atoms with Crippen molar-refractivity contribution in [1.29, 1.82) is 0 Å². The third kappa shape index (κ3) is 2.24. The molecule has 0 atom stereocenters. The van der Waals surface area contributed by atoms with E-state index in [2.05, 4.69) is 14.5 Å². The molecule has 1 fully saturated rings. The van der Waals surface area contributed by atoms with Crippen molar-refractivity contribution in [3.8, 4) is 0 Å². The largest absolute Gasteiger partial charge is 0.379 e. The van der Waals surface area contributed by atoms with Crippen molar-refractivity contribution in [1.82, 2.24) is 14.5 Å². The van der Waals surface area contributed by atoms with Crippen LogP contribution in [0.15, 0.2) is 0 Å². The van der Waals surface area contributed by atoms with E-state index >= 15 is 0 Å². The number of hydrogen-bond acceptors (Lipinski definition) is 5. The molecule has 0 unspecified atom stereocenters. The van der Waals surface area contributed by atoms with Gasteiger partial charge in [0.15, 0.2) is 0 Å². The molecule has 0 N–H and O–H groups in total. The normalized spacial score (nSPS) is 19.2. The fourth-order valence-electron chi connectivity index (χ4n) is 1.36. The molecular formula is C8H13N3OS. The Morgan fingerprint density at radius 2 is 2.23 bits per heavy atom. The van der Waals surface area contributed by atoms with Crippen molar-refractivity contribution in [3.05, 3.63) is 10.6 Å². The Morgan fingerprint density at radius 3 is 2.85 bits per heavy atom. The maximum Gasteiger partial charge on any atom is 0.0769 e. The van der Waals surface area contributed by atoms with Crippen LogP contribution in [0, 0.1) is 6.92 Å². The molecule has 0 amide bonds. The summed E-state index contributed by atoms with van der Waals surface area (Å²) in [5.41, 5.74) is 1.07. The van der Waals surface area contributed by atoms with Crippen molar-refractivity contribution < 1.29 is 4.74 Å². The van der Waals surface area contributed by atoms with E-state index in [0.29, 0.717) is 0 Å². The Labute approximate surface area is 81.7 Å². The summed E-state index contributed by atoms with van der Waals surface area (Å²) < 4.78 is 9.20. The van der Waals surface area contributed by atoms with E-state index in [1.54, 1.807) is 0 Å². The van der Waals surface area contributed by atoms with Gasteiger partial charge in [0.1, 0.15) is 0 Å². The lowest BCUT2D eigenvalue weighted by Crippen LogP contribution is -2.35. The average molecular weight is 199 g/mol. The first-order chi connectivity index (χ1) is 6.36. The number of aromatic nitrogens is 2. The molecule has 2 rings (SSSR count). The van der Waals surface area contributed by atoms with Crippen LogP contribution >= 0.6 is 11.5 Å². The lowest BCUT2D eigenvalue weighted by Gasteiger charge is -2.25. The molecule has 0 aromatic carbocycles. The summed E-state index contributed by atoms with van der Waals surface area (Å²) in [6.07, 6.45) is 0. The van der Waals surface area contributed by atoms with Crippen molar-refractivity contribution in [2.45, 2.75) is 13.5 Å². The quantitative estimate of drug-likeness (QED) is 0.702. The molecule has 0 radical (unpaired) electrons. The molecule has 1 aliphatic heterocycles. The van der Waals surface area contributed by atoms with Crippen LogP contribution in [0.3, 0.4) is 0 Å². The second kappa shape index (κ2) is 4.13. The van der Waals surface area contributed by atoms with E-state index < -0.39 is 0 Å². The third-order valence-corrected chi connectivity index (χ3v) is 3.02. The van der Waals surface area contributed by atoms with E-state index in [-0.39, 0.29) is 0 Å². The Balaban J connectivity index is 1.93. The number of hydrogen-bond donors (Lipinski definition) is 0. The molecule has 0 saturated carbocycles. The fourth-order valence-corrected chi connectivity index (χ4v) is 2.03. The van der Waals surface area contributed by atoms with Crippen molar-refractivity contribution in [2.75, 3.05) is 26.3 Å². The zero-order chi connectivity index (χ0) is 9.10. The molecule has 1 saturated heterocycles. The maximum absolute atomic E-state index is 5.28. The van der Waals surface area contributed by atoms with E-state index in [4.69, 9.17) is 4.74 Å². The summed E-state index contributed by atoms with van der Waals surface area (Å²) in [4.78, 5) is 3.66. The molecule has 2 heterocycles. The van der Waals surface area contributed by atoms with Crippen LogP contribution in [-0.4, -0.2) is 40.8 Å². The maximum atomic E-state index is 5.28. The van der Waals surface area contributed by atoms with Gasteiger partial charge in [-0.3, -0.25) is 4.90 Å². The minimum atomic E-state index is 0.852. The molecule has 0 spiro atoms. The van der Waals surface area contributed by atoms with Gasteiger partial charge in [0.25, 0.3) is 0 Å². The average Bonchev–Trinajstić information content (AvgIpc) is 2.54. The van der Waals surface area contributed by atoms with Gasteiger partial charge in [-0.05, 0) is 18.5 Å². The topological polar surface area (TPSA) is 38.2 Å². The second-order valence-corrected chi connectivity index (χ2v) is 4.01. The van der Waals surface area contributed by atoms with Gasteiger partial charge in [-0.15, -0.1) is 5.10 Å². The van der Waals surface area contributed by atoms with Gasteiger partial charge in [-0.25, -0.2) is 0 Å². The predicted molar refractivity (Wildman–Crippen MR) is 50.7 cm³/mol. The van der Waals surface area contributed by atoms with Gasteiger partial charge in [-0.2, -0.15) is 0 Å². The Hall–Kier alpha value is -0.520. The molecule has 1 aromatic heterocycles. The van der Waals surface area contributed by atoms with Gasteiger partial charge in [0.05, 0.1) is 23.8 Å². The minimum Gasteiger partial charge on any atom is -0.379 e. The SMILES string of the molecule is Cc1nnsc1CN1CCOCC1. The lowest BCUT2D eigenvalue weighted by molar-refractivity contribution is 0.0345. The van der Waals surface area contributed by atoms with Crippen molar-refractivity contribution in [2.24, 2.45) is 0 Å². The number of morpholine rings is 1. The number of nitrogens with zero attached hydrogens (tertiary/aromatic N) is 3. The highest BCUT2D eigenvalue weighted by Gasteiger charge is 2.13. The van der Waals surface area contributed by atoms with Gasteiger partial charge in [0, 0.05) is 19.6 Å². The van der Waals surface area contributed by atoms with E-state index in [0.717, 1.165) is 38.5 Å². The molecule has 72 valence electrons. The van der Waals surface area contributed by atoms with Crippen LogP contribution in [0.4, 0.5) is 0 Å². The fraction of sp³-hybridized carbons (Fsp3) is 0.750. The van der Waals surface area contributed by atoms with E-state index in [1.165, 1.54) is 16.4 Å². The molecule has 13 heavy (non-hydrogen) atoms. The van der Waals surface area contributed by atoms with Gasteiger partial charge in [-0.1, -0.05) is 4.49 Å². The summed E-state index contributed by atoms with van der Waals surface area (Å²) >= 11 is 1.50. The monoisotopic (exact) mass is 199 g/mol. The highest BCUT2D eigenvalue weighted by Crippen LogP contribution is 2.13. The molecule has 0 aliphatic carbocycles. The highest BCUT2D eigenvalue weighted by atomic mass is 32.1. The van der Waals surface area contributed by atoms with Crippen LogP contribution in [-0.2, 0) is 11.3 Å². The van der Waals surface area contributed by atoms with E-state index in [1.807, 2.05) is 6.92 Å². The first-order valence-electron chi connectivity index (χ1n) is 4.44. The third-order valence-electron chi connectivity index (χ3n) is 2.22. The molecule has 4 nitrogen and oxygen atoms in total. The zero-order valence-electron chi connectivity index (χ0n) is 7.69. The van der Waals surface area contributed by atoms with Crippen LogP contribution in [0.25, 0.3) is 0 Å².